The third-order valence-electron chi connectivity index (χ3n) is 1.61. The van der Waals surface area contributed by atoms with Crippen LogP contribution in [0.3, 0.4) is 0 Å². The lowest BCUT2D eigenvalue weighted by atomic mass is 10.3. The minimum Gasteiger partial charge on any atom is -0.409 e. The second-order valence-electron chi connectivity index (χ2n) is 3.21. The standard InChI is InChI=1S/C7H14F3N3O/c1-5(2)13(3-6(11)12-14)4-7(8,9)10/h5,14H,3-4H2,1-2H3,(H2,11,12). The summed E-state index contributed by atoms with van der Waals surface area (Å²) >= 11 is 0. The van der Waals surface area contributed by atoms with Crippen LogP contribution in [-0.4, -0.2) is 41.3 Å². The summed E-state index contributed by atoms with van der Waals surface area (Å²) in [6.07, 6.45) is -4.28. The molecule has 0 bridgehead atoms. The molecule has 0 aromatic carbocycles. The number of hydrogen-bond acceptors (Lipinski definition) is 3. The maximum absolute atomic E-state index is 12.0. The number of rotatable bonds is 4. The summed E-state index contributed by atoms with van der Waals surface area (Å²) in [5.41, 5.74) is 5.12. The topological polar surface area (TPSA) is 61.8 Å². The van der Waals surface area contributed by atoms with Crippen molar-refractivity contribution in [2.45, 2.75) is 26.1 Å². The lowest BCUT2D eigenvalue weighted by Crippen LogP contribution is -2.43. The predicted octanol–water partition coefficient (Wildman–Crippen LogP) is 1.01. The molecule has 84 valence electrons. The Morgan fingerprint density at radius 1 is 1.50 bits per heavy atom. The molecule has 0 aliphatic carbocycles. The monoisotopic (exact) mass is 213 g/mol. The molecule has 0 aliphatic heterocycles. The summed E-state index contributed by atoms with van der Waals surface area (Å²) in [6, 6.07) is -0.322. The van der Waals surface area contributed by atoms with Crippen LogP contribution in [-0.2, 0) is 0 Å². The van der Waals surface area contributed by atoms with Gasteiger partial charge in [0, 0.05) is 6.04 Å². The number of nitrogens with two attached hydrogens (primary N) is 1. The lowest BCUT2D eigenvalue weighted by molar-refractivity contribution is -0.147. The fourth-order valence-corrected chi connectivity index (χ4v) is 0.891. The molecule has 0 rings (SSSR count). The molecular weight excluding hydrogens is 199 g/mol. The van der Waals surface area contributed by atoms with Crippen LogP contribution in [0.4, 0.5) is 13.2 Å². The van der Waals surface area contributed by atoms with Crippen LogP contribution in [0.5, 0.6) is 0 Å². The average molecular weight is 213 g/mol. The summed E-state index contributed by atoms with van der Waals surface area (Å²) in [4.78, 5) is 1.06. The van der Waals surface area contributed by atoms with Gasteiger partial charge >= 0.3 is 6.18 Å². The highest BCUT2D eigenvalue weighted by Crippen LogP contribution is 2.17. The van der Waals surface area contributed by atoms with Crippen molar-refractivity contribution in [1.82, 2.24) is 4.90 Å². The smallest absolute Gasteiger partial charge is 0.401 e. The van der Waals surface area contributed by atoms with E-state index < -0.39 is 12.7 Å². The zero-order valence-corrected chi connectivity index (χ0v) is 8.04. The minimum absolute atomic E-state index is 0.201. The van der Waals surface area contributed by atoms with E-state index in [1.54, 1.807) is 13.8 Å². The normalized spacial score (nSPS) is 14.1. The van der Waals surface area contributed by atoms with Gasteiger partial charge in [0.05, 0.1) is 13.1 Å². The number of alkyl halides is 3. The average Bonchev–Trinajstić information content (AvgIpc) is 2.00. The Kier molecular flexibility index (Phi) is 4.69. The van der Waals surface area contributed by atoms with Crippen LogP contribution < -0.4 is 5.73 Å². The van der Waals surface area contributed by atoms with E-state index in [9.17, 15) is 13.2 Å². The number of oxime groups is 1. The summed E-state index contributed by atoms with van der Waals surface area (Å²) in [5.74, 6) is -0.233. The van der Waals surface area contributed by atoms with Crippen molar-refractivity contribution < 1.29 is 18.4 Å². The maximum Gasteiger partial charge on any atom is 0.401 e. The molecule has 0 atom stereocenters. The van der Waals surface area contributed by atoms with E-state index in [0.29, 0.717) is 0 Å². The second kappa shape index (κ2) is 5.04. The highest BCUT2D eigenvalue weighted by molar-refractivity contribution is 5.81. The van der Waals surface area contributed by atoms with Gasteiger partial charge in [-0.2, -0.15) is 13.2 Å². The van der Waals surface area contributed by atoms with Gasteiger partial charge in [-0.3, -0.25) is 4.90 Å². The van der Waals surface area contributed by atoms with Crippen LogP contribution in [0.1, 0.15) is 13.8 Å². The van der Waals surface area contributed by atoms with Gasteiger partial charge in [0.1, 0.15) is 0 Å². The van der Waals surface area contributed by atoms with Crippen LogP contribution in [0.2, 0.25) is 0 Å². The molecule has 7 heteroatoms. The van der Waals surface area contributed by atoms with E-state index >= 15 is 0 Å². The van der Waals surface area contributed by atoms with Crippen molar-refractivity contribution >= 4 is 5.84 Å². The summed E-state index contributed by atoms with van der Waals surface area (Å²) in [7, 11) is 0. The predicted molar refractivity (Wildman–Crippen MR) is 46.2 cm³/mol. The van der Waals surface area contributed by atoms with Crippen LogP contribution in [0.15, 0.2) is 5.16 Å². The number of nitrogens with zero attached hydrogens (tertiary/aromatic N) is 2. The first kappa shape index (κ1) is 13.0. The largest absolute Gasteiger partial charge is 0.409 e. The molecule has 4 nitrogen and oxygen atoms in total. The molecule has 0 heterocycles. The molecule has 0 radical (unpaired) electrons. The zero-order chi connectivity index (χ0) is 11.4. The summed E-state index contributed by atoms with van der Waals surface area (Å²) in [5, 5.41) is 10.8. The van der Waals surface area contributed by atoms with Crippen molar-refractivity contribution in [3.8, 4) is 0 Å². The Hall–Kier alpha value is -0.980. The summed E-state index contributed by atoms with van der Waals surface area (Å²) < 4.78 is 36.1. The first-order chi connectivity index (χ1) is 6.26. The molecule has 0 fully saturated rings. The summed E-state index contributed by atoms with van der Waals surface area (Å²) in [6.45, 7) is 1.95. The van der Waals surface area contributed by atoms with Gasteiger partial charge in [0.25, 0.3) is 0 Å². The van der Waals surface area contributed by atoms with Gasteiger partial charge in [-0.15, -0.1) is 0 Å². The molecular formula is C7H14F3N3O. The number of halogens is 3. The van der Waals surface area contributed by atoms with E-state index in [2.05, 4.69) is 5.16 Å². The Morgan fingerprint density at radius 3 is 2.29 bits per heavy atom. The molecule has 0 spiro atoms. The highest BCUT2D eigenvalue weighted by Gasteiger charge is 2.31. The molecule has 0 aromatic heterocycles. The Bertz CT molecular complexity index is 203. The van der Waals surface area contributed by atoms with E-state index in [0.717, 1.165) is 4.90 Å². The molecule has 0 amide bonds. The van der Waals surface area contributed by atoms with E-state index in [1.165, 1.54) is 0 Å². The van der Waals surface area contributed by atoms with Gasteiger partial charge in [0.15, 0.2) is 5.84 Å². The van der Waals surface area contributed by atoms with Crippen molar-refractivity contribution in [1.29, 1.82) is 0 Å². The van der Waals surface area contributed by atoms with Gasteiger partial charge in [-0.25, -0.2) is 0 Å². The van der Waals surface area contributed by atoms with Crippen LogP contribution >= 0.6 is 0 Å². The van der Waals surface area contributed by atoms with E-state index in [4.69, 9.17) is 10.9 Å². The molecule has 14 heavy (non-hydrogen) atoms. The zero-order valence-electron chi connectivity index (χ0n) is 8.04. The van der Waals surface area contributed by atoms with Gasteiger partial charge in [0.2, 0.25) is 0 Å². The van der Waals surface area contributed by atoms with Crippen molar-refractivity contribution in [2.24, 2.45) is 10.9 Å². The fourth-order valence-electron chi connectivity index (χ4n) is 0.891. The second-order valence-corrected chi connectivity index (χ2v) is 3.21. The van der Waals surface area contributed by atoms with Crippen molar-refractivity contribution in [3.63, 3.8) is 0 Å². The SMILES string of the molecule is CC(C)N(CC(N)=NO)CC(F)(F)F. The Morgan fingerprint density at radius 2 is 2.00 bits per heavy atom. The van der Waals surface area contributed by atoms with E-state index in [1.807, 2.05) is 0 Å². The third-order valence-corrected chi connectivity index (χ3v) is 1.61. The van der Waals surface area contributed by atoms with Gasteiger partial charge in [-0.05, 0) is 13.8 Å². The molecule has 0 saturated heterocycles. The van der Waals surface area contributed by atoms with Gasteiger partial charge in [-0.1, -0.05) is 5.16 Å². The first-order valence-electron chi connectivity index (χ1n) is 4.03. The third kappa shape index (κ3) is 5.63. The van der Waals surface area contributed by atoms with Crippen LogP contribution in [0.25, 0.3) is 0 Å². The Balaban J connectivity index is 4.31. The lowest BCUT2D eigenvalue weighted by Gasteiger charge is -2.26. The minimum atomic E-state index is -4.28. The van der Waals surface area contributed by atoms with Gasteiger partial charge < -0.3 is 10.9 Å². The maximum atomic E-state index is 12.0. The Labute approximate surface area is 80.2 Å². The van der Waals surface area contributed by atoms with Crippen LogP contribution in [0, 0.1) is 0 Å². The van der Waals surface area contributed by atoms with Crippen molar-refractivity contribution in [3.05, 3.63) is 0 Å². The molecule has 0 saturated carbocycles. The van der Waals surface area contributed by atoms with E-state index in [-0.39, 0.29) is 18.4 Å². The first-order valence-corrected chi connectivity index (χ1v) is 4.03. The molecule has 0 unspecified atom stereocenters. The fraction of sp³-hybridized carbons (Fsp3) is 0.857. The highest BCUT2D eigenvalue weighted by atomic mass is 19.4. The molecule has 0 aromatic rings. The number of amidine groups is 1. The number of hydrogen-bond donors (Lipinski definition) is 2. The molecule has 0 aliphatic rings. The molecule has 3 N–H and O–H groups in total. The van der Waals surface area contributed by atoms with Crippen molar-refractivity contribution in [2.75, 3.05) is 13.1 Å². The quantitative estimate of drug-likeness (QED) is 0.317.